The largest absolute Gasteiger partial charge is 0.492 e. The Labute approximate surface area is 82.0 Å². The van der Waals surface area contributed by atoms with E-state index in [9.17, 15) is 5.11 Å². The summed E-state index contributed by atoms with van der Waals surface area (Å²) in [6.45, 7) is 6.23. The molecule has 2 aromatic rings. The lowest BCUT2D eigenvalue weighted by molar-refractivity contribution is 0.457. The van der Waals surface area contributed by atoms with Crippen LogP contribution in [-0.2, 0) is 5.41 Å². The van der Waals surface area contributed by atoms with Crippen LogP contribution >= 0.6 is 0 Å². The molecule has 2 heterocycles. The van der Waals surface area contributed by atoms with E-state index in [2.05, 4.69) is 36.0 Å². The van der Waals surface area contributed by atoms with Crippen LogP contribution in [0.3, 0.4) is 0 Å². The quantitative estimate of drug-likeness (QED) is 0.669. The third kappa shape index (κ3) is 1.23. The van der Waals surface area contributed by atoms with E-state index in [1.165, 1.54) is 0 Å². The molecule has 2 N–H and O–H groups in total. The molecule has 0 saturated carbocycles. The maximum Gasteiger partial charge on any atom is 0.238 e. The number of aromatic amines is 1. The van der Waals surface area contributed by atoms with Crippen molar-refractivity contribution in [3.63, 3.8) is 0 Å². The molecular weight excluding hydrogens is 178 g/mol. The van der Waals surface area contributed by atoms with Gasteiger partial charge in [-0.3, -0.25) is 10.1 Å². The van der Waals surface area contributed by atoms with Crippen LogP contribution in [0.2, 0.25) is 0 Å². The summed E-state index contributed by atoms with van der Waals surface area (Å²) >= 11 is 0. The second-order valence-electron chi connectivity index (χ2n) is 4.38. The first kappa shape index (κ1) is 8.99. The minimum Gasteiger partial charge on any atom is -0.492 e. The highest BCUT2D eigenvalue weighted by molar-refractivity contribution is 5.85. The molecule has 14 heavy (non-hydrogen) atoms. The zero-order valence-electron chi connectivity index (χ0n) is 8.50. The monoisotopic (exact) mass is 191 g/mol. The number of aromatic hydroxyl groups is 1. The fraction of sp³-hybridized carbons (Fsp3) is 0.400. The molecule has 74 valence electrons. The number of nitrogens with zero attached hydrogens (tertiary/aromatic N) is 2. The van der Waals surface area contributed by atoms with E-state index in [-0.39, 0.29) is 11.3 Å². The third-order valence-corrected chi connectivity index (χ3v) is 2.18. The van der Waals surface area contributed by atoms with Gasteiger partial charge in [0.15, 0.2) is 0 Å². The van der Waals surface area contributed by atoms with E-state index in [0.717, 1.165) is 16.6 Å². The molecule has 0 aliphatic rings. The second-order valence-corrected chi connectivity index (χ2v) is 4.38. The van der Waals surface area contributed by atoms with Crippen LogP contribution in [0.25, 0.3) is 10.9 Å². The third-order valence-electron chi connectivity index (χ3n) is 2.18. The molecule has 4 nitrogen and oxygen atoms in total. The van der Waals surface area contributed by atoms with Crippen LogP contribution in [0.5, 0.6) is 5.88 Å². The van der Waals surface area contributed by atoms with Crippen molar-refractivity contribution in [2.75, 3.05) is 0 Å². The van der Waals surface area contributed by atoms with Gasteiger partial charge in [-0.15, -0.1) is 5.10 Å². The molecule has 0 spiro atoms. The number of hydrogen-bond donors (Lipinski definition) is 2. The molecule has 0 bridgehead atoms. The summed E-state index contributed by atoms with van der Waals surface area (Å²) in [6, 6.07) is 1.75. The van der Waals surface area contributed by atoms with Crippen molar-refractivity contribution in [1.82, 2.24) is 15.2 Å². The fourth-order valence-electron chi connectivity index (χ4n) is 1.50. The van der Waals surface area contributed by atoms with Gasteiger partial charge in [0, 0.05) is 11.6 Å². The van der Waals surface area contributed by atoms with Gasteiger partial charge in [0.1, 0.15) is 0 Å². The van der Waals surface area contributed by atoms with E-state index in [0.29, 0.717) is 0 Å². The average molecular weight is 191 g/mol. The van der Waals surface area contributed by atoms with Gasteiger partial charge in [-0.25, -0.2) is 0 Å². The van der Waals surface area contributed by atoms with E-state index >= 15 is 0 Å². The Kier molecular flexibility index (Phi) is 1.74. The molecule has 0 unspecified atom stereocenters. The average Bonchev–Trinajstić information content (AvgIpc) is 2.46. The number of nitrogens with one attached hydrogen (secondary N) is 1. The molecule has 0 amide bonds. The summed E-state index contributed by atoms with van der Waals surface area (Å²) in [5.74, 6) is 0.0351. The van der Waals surface area contributed by atoms with Gasteiger partial charge in [0.05, 0.1) is 16.6 Å². The number of fused-ring (bicyclic) bond motifs is 1. The predicted molar refractivity (Wildman–Crippen MR) is 54.3 cm³/mol. The summed E-state index contributed by atoms with van der Waals surface area (Å²) in [7, 11) is 0. The molecular formula is C10H13N3O. The molecule has 0 aliphatic carbocycles. The molecule has 4 heteroatoms. The summed E-state index contributed by atoms with van der Waals surface area (Å²) in [6.07, 6.45) is 1.69. The maximum atomic E-state index is 9.43. The first-order valence-corrected chi connectivity index (χ1v) is 4.52. The molecule has 0 radical (unpaired) electrons. The fourth-order valence-corrected chi connectivity index (χ4v) is 1.50. The predicted octanol–water partition coefficient (Wildman–Crippen LogP) is 1.96. The van der Waals surface area contributed by atoms with Crippen molar-refractivity contribution in [2.45, 2.75) is 26.2 Å². The van der Waals surface area contributed by atoms with Gasteiger partial charge in [0.2, 0.25) is 5.88 Å². The van der Waals surface area contributed by atoms with Crippen LogP contribution in [0.1, 0.15) is 26.5 Å². The minimum absolute atomic E-state index is 0.0351. The zero-order chi connectivity index (χ0) is 10.3. The Morgan fingerprint density at radius 3 is 2.71 bits per heavy atom. The second kappa shape index (κ2) is 2.70. The van der Waals surface area contributed by atoms with Gasteiger partial charge in [-0.1, -0.05) is 20.8 Å². The Morgan fingerprint density at radius 1 is 1.36 bits per heavy atom. The number of pyridine rings is 1. The van der Waals surface area contributed by atoms with Crippen molar-refractivity contribution in [2.24, 2.45) is 0 Å². The Balaban J connectivity index is 2.79. The Hall–Kier alpha value is -1.58. The van der Waals surface area contributed by atoms with Crippen molar-refractivity contribution in [1.29, 1.82) is 0 Å². The van der Waals surface area contributed by atoms with E-state index in [1.807, 2.05) is 0 Å². The van der Waals surface area contributed by atoms with Gasteiger partial charge < -0.3 is 5.11 Å². The molecule has 0 aromatic carbocycles. The molecule has 2 rings (SSSR count). The lowest BCUT2D eigenvalue weighted by Crippen LogP contribution is -2.13. The van der Waals surface area contributed by atoms with Gasteiger partial charge in [0.25, 0.3) is 0 Å². The number of aromatic nitrogens is 3. The number of hydrogen-bond acceptors (Lipinski definition) is 3. The highest BCUT2D eigenvalue weighted by Crippen LogP contribution is 2.29. The van der Waals surface area contributed by atoms with E-state index in [4.69, 9.17) is 0 Å². The lowest BCUT2D eigenvalue weighted by atomic mass is 9.90. The van der Waals surface area contributed by atoms with Crippen molar-refractivity contribution < 1.29 is 5.11 Å². The number of H-pyrrole nitrogens is 1. The van der Waals surface area contributed by atoms with Crippen LogP contribution in [0, 0.1) is 0 Å². The highest BCUT2D eigenvalue weighted by Gasteiger charge is 2.20. The SMILES string of the molecule is CC(C)(C)c1nccc2c(O)n[nH]c12. The molecule has 0 saturated heterocycles. The van der Waals surface area contributed by atoms with Crippen LogP contribution in [0.15, 0.2) is 12.3 Å². The first-order valence-electron chi connectivity index (χ1n) is 4.52. The molecule has 0 fully saturated rings. The zero-order valence-corrected chi connectivity index (χ0v) is 8.50. The van der Waals surface area contributed by atoms with Crippen molar-refractivity contribution in [3.8, 4) is 5.88 Å². The van der Waals surface area contributed by atoms with E-state index in [1.54, 1.807) is 12.3 Å². The van der Waals surface area contributed by atoms with Gasteiger partial charge in [-0.05, 0) is 6.07 Å². The summed E-state index contributed by atoms with van der Waals surface area (Å²) in [4.78, 5) is 4.31. The van der Waals surface area contributed by atoms with Crippen LogP contribution < -0.4 is 0 Å². The Morgan fingerprint density at radius 2 is 2.07 bits per heavy atom. The Bertz CT molecular complexity index is 468. The minimum atomic E-state index is -0.0571. The standard InChI is InChI=1S/C10H13N3O/c1-10(2,3)8-7-6(4-5-11-8)9(14)13-12-7/h4-5H,1-3H3,(H2,12,13,14). The maximum absolute atomic E-state index is 9.43. The summed E-state index contributed by atoms with van der Waals surface area (Å²) in [5, 5.41) is 16.7. The van der Waals surface area contributed by atoms with Gasteiger partial charge >= 0.3 is 0 Å². The van der Waals surface area contributed by atoms with Crippen LogP contribution in [-0.4, -0.2) is 20.3 Å². The lowest BCUT2D eigenvalue weighted by Gasteiger charge is -2.17. The smallest absolute Gasteiger partial charge is 0.238 e. The first-order chi connectivity index (χ1) is 6.50. The van der Waals surface area contributed by atoms with Gasteiger partial charge in [-0.2, -0.15) is 0 Å². The van der Waals surface area contributed by atoms with Crippen molar-refractivity contribution >= 4 is 10.9 Å². The normalized spacial score (nSPS) is 12.2. The summed E-state index contributed by atoms with van der Waals surface area (Å²) < 4.78 is 0. The van der Waals surface area contributed by atoms with Crippen molar-refractivity contribution in [3.05, 3.63) is 18.0 Å². The highest BCUT2D eigenvalue weighted by atomic mass is 16.3. The topological polar surface area (TPSA) is 61.8 Å². The summed E-state index contributed by atoms with van der Waals surface area (Å²) in [5.41, 5.74) is 1.68. The van der Waals surface area contributed by atoms with Crippen LogP contribution in [0.4, 0.5) is 0 Å². The molecule has 0 atom stereocenters. The number of rotatable bonds is 0. The molecule has 2 aromatic heterocycles. The molecule has 0 aliphatic heterocycles. The van der Waals surface area contributed by atoms with E-state index < -0.39 is 0 Å².